The van der Waals surface area contributed by atoms with Crippen LogP contribution in [0, 0.1) is 5.92 Å². The van der Waals surface area contributed by atoms with Gasteiger partial charge in [-0.1, -0.05) is 20.3 Å². The van der Waals surface area contributed by atoms with E-state index in [2.05, 4.69) is 12.2 Å². The van der Waals surface area contributed by atoms with Gasteiger partial charge in [0.1, 0.15) is 5.60 Å². The van der Waals surface area contributed by atoms with E-state index in [1.165, 1.54) is 0 Å². The Kier molecular flexibility index (Phi) is 7.63. The summed E-state index contributed by atoms with van der Waals surface area (Å²) in [5.41, 5.74) is -0.440. The number of hydrogen-bond donors (Lipinski definition) is 2. The molecular formula is C17H34N2O3. The molecule has 2 N–H and O–H groups in total. The zero-order valence-electron chi connectivity index (χ0n) is 14.9. The maximum atomic E-state index is 12.2. The number of nitrogens with one attached hydrogen (secondary N) is 1. The third kappa shape index (κ3) is 6.53. The first-order chi connectivity index (χ1) is 10.3. The van der Waals surface area contributed by atoms with Gasteiger partial charge in [0.15, 0.2) is 0 Å². The zero-order valence-corrected chi connectivity index (χ0v) is 14.9. The molecule has 130 valence electrons. The molecule has 5 nitrogen and oxygen atoms in total. The highest BCUT2D eigenvalue weighted by molar-refractivity contribution is 5.68. The van der Waals surface area contributed by atoms with Crippen LogP contribution in [0.2, 0.25) is 0 Å². The highest BCUT2D eigenvalue weighted by Gasteiger charge is 2.32. The van der Waals surface area contributed by atoms with E-state index in [0.29, 0.717) is 12.0 Å². The van der Waals surface area contributed by atoms with Crippen LogP contribution in [0.3, 0.4) is 0 Å². The lowest BCUT2D eigenvalue weighted by Crippen LogP contribution is -2.52. The third-order valence-corrected chi connectivity index (χ3v) is 4.27. The standard InChI is InChI=1S/C17H34N2O3/c1-6-13-12-19(16(21)22-17(3,4)5)11-9-15(13)18-10-8-14(20)7-2/h13-15,18,20H,6-12H2,1-5H3. The Labute approximate surface area is 135 Å². The SMILES string of the molecule is CCC(O)CCNC1CCN(C(=O)OC(C)(C)C)CC1CC. The Morgan fingerprint density at radius 3 is 2.64 bits per heavy atom. The first kappa shape index (κ1) is 19.2. The molecule has 1 fully saturated rings. The summed E-state index contributed by atoms with van der Waals surface area (Å²) >= 11 is 0. The monoisotopic (exact) mass is 314 g/mol. The van der Waals surface area contributed by atoms with Crippen LogP contribution in [0.1, 0.15) is 60.3 Å². The summed E-state index contributed by atoms with van der Waals surface area (Å²) in [7, 11) is 0. The van der Waals surface area contributed by atoms with Crippen molar-refractivity contribution < 1.29 is 14.6 Å². The Balaban J connectivity index is 2.44. The van der Waals surface area contributed by atoms with Crippen molar-refractivity contribution in [3.8, 4) is 0 Å². The summed E-state index contributed by atoms with van der Waals surface area (Å²) in [5, 5.41) is 13.2. The van der Waals surface area contributed by atoms with Crippen molar-refractivity contribution in [2.24, 2.45) is 5.92 Å². The summed E-state index contributed by atoms with van der Waals surface area (Å²) in [5.74, 6) is 0.444. The summed E-state index contributed by atoms with van der Waals surface area (Å²) in [6.45, 7) is 12.2. The second kappa shape index (κ2) is 8.73. The van der Waals surface area contributed by atoms with E-state index in [-0.39, 0.29) is 12.2 Å². The summed E-state index contributed by atoms with van der Waals surface area (Å²) in [6, 6.07) is 0.424. The number of aliphatic hydroxyl groups excluding tert-OH is 1. The quantitative estimate of drug-likeness (QED) is 0.791. The van der Waals surface area contributed by atoms with Crippen molar-refractivity contribution in [1.29, 1.82) is 0 Å². The minimum atomic E-state index is -0.440. The normalized spacial score (nSPS) is 24.2. The van der Waals surface area contributed by atoms with E-state index in [9.17, 15) is 9.90 Å². The zero-order chi connectivity index (χ0) is 16.8. The van der Waals surface area contributed by atoms with E-state index in [1.807, 2.05) is 32.6 Å². The summed E-state index contributed by atoms with van der Waals surface area (Å²) in [4.78, 5) is 14.0. The molecule has 22 heavy (non-hydrogen) atoms. The van der Waals surface area contributed by atoms with E-state index in [1.54, 1.807) is 0 Å². The Morgan fingerprint density at radius 2 is 2.09 bits per heavy atom. The lowest BCUT2D eigenvalue weighted by Gasteiger charge is -2.39. The highest BCUT2D eigenvalue weighted by atomic mass is 16.6. The van der Waals surface area contributed by atoms with Crippen LogP contribution in [0.15, 0.2) is 0 Å². The van der Waals surface area contributed by atoms with Gasteiger partial charge < -0.3 is 20.1 Å². The molecule has 1 heterocycles. The van der Waals surface area contributed by atoms with Crippen LogP contribution in [0.4, 0.5) is 4.79 Å². The van der Waals surface area contributed by atoms with Crippen molar-refractivity contribution in [3.05, 3.63) is 0 Å². The highest BCUT2D eigenvalue weighted by Crippen LogP contribution is 2.22. The van der Waals surface area contributed by atoms with Gasteiger partial charge in [0.25, 0.3) is 0 Å². The Hall–Kier alpha value is -0.810. The minimum absolute atomic E-state index is 0.203. The fourth-order valence-electron chi connectivity index (χ4n) is 2.85. The summed E-state index contributed by atoms with van der Waals surface area (Å²) in [6.07, 6.45) is 3.16. The number of hydrogen-bond acceptors (Lipinski definition) is 4. The Morgan fingerprint density at radius 1 is 1.41 bits per heavy atom. The molecule has 0 aromatic carbocycles. The lowest BCUT2D eigenvalue weighted by molar-refractivity contribution is 0.0128. The number of likely N-dealkylation sites (tertiary alicyclic amines) is 1. The fourth-order valence-corrected chi connectivity index (χ4v) is 2.85. The van der Waals surface area contributed by atoms with Gasteiger partial charge in [0, 0.05) is 19.1 Å². The number of carbonyl (C=O) groups is 1. The van der Waals surface area contributed by atoms with E-state index < -0.39 is 5.60 Å². The van der Waals surface area contributed by atoms with Crippen LogP contribution in [0.5, 0.6) is 0 Å². The van der Waals surface area contributed by atoms with Crippen molar-refractivity contribution in [2.75, 3.05) is 19.6 Å². The lowest BCUT2D eigenvalue weighted by atomic mass is 9.90. The molecule has 5 heteroatoms. The maximum absolute atomic E-state index is 12.2. The van der Waals surface area contributed by atoms with Gasteiger partial charge in [-0.25, -0.2) is 4.79 Å². The average molecular weight is 314 g/mol. The van der Waals surface area contributed by atoms with Crippen LogP contribution in [-0.4, -0.2) is 53.5 Å². The van der Waals surface area contributed by atoms with Gasteiger partial charge in [0.05, 0.1) is 6.10 Å². The third-order valence-electron chi connectivity index (χ3n) is 4.27. The molecule has 0 aliphatic carbocycles. The van der Waals surface area contributed by atoms with Crippen molar-refractivity contribution in [3.63, 3.8) is 0 Å². The van der Waals surface area contributed by atoms with Gasteiger partial charge >= 0.3 is 6.09 Å². The predicted octanol–water partition coefficient (Wildman–Crippen LogP) is 2.77. The molecule has 1 amide bonds. The van der Waals surface area contributed by atoms with Crippen LogP contribution < -0.4 is 5.32 Å². The number of rotatable bonds is 6. The largest absolute Gasteiger partial charge is 0.444 e. The van der Waals surface area contributed by atoms with E-state index >= 15 is 0 Å². The molecule has 0 saturated carbocycles. The van der Waals surface area contributed by atoms with Crippen LogP contribution in [0.25, 0.3) is 0 Å². The molecular weight excluding hydrogens is 280 g/mol. The Bertz CT molecular complexity index is 341. The predicted molar refractivity (Wildman–Crippen MR) is 88.9 cm³/mol. The topological polar surface area (TPSA) is 61.8 Å². The molecule has 1 saturated heterocycles. The molecule has 1 aliphatic heterocycles. The number of nitrogens with zero attached hydrogens (tertiary/aromatic N) is 1. The van der Waals surface area contributed by atoms with Crippen molar-refractivity contribution >= 4 is 6.09 Å². The van der Waals surface area contributed by atoms with Gasteiger partial charge in [-0.15, -0.1) is 0 Å². The van der Waals surface area contributed by atoms with Crippen molar-refractivity contribution in [1.82, 2.24) is 10.2 Å². The second-order valence-electron chi connectivity index (χ2n) is 7.29. The van der Waals surface area contributed by atoms with Crippen LogP contribution >= 0.6 is 0 Å². The van der Waals surface area contributed by atoms with Gasteiger partial charge in [-0.2, -0.15) is 0 Å². The van der Waals surface area contributed by atoms with Gasteiger partial charge in [-0.05, 0) is 52.5 Å². The number of amides is 1. The smallest absolute Gasteiger partial charge is 0.410 e. The molecule has 0 aromatic rings. The molecule has 3 atom stereocenters. The molecule has 0 aromatic heterocycles. The number of ether oxygens (including phenoxy) is 1. The molecule has 1 rings (SSSR count). The molecule has 3 unspecified atom stereocenters. The molecule has 1 aliphatic rings. The van der Waals surface area contributed by atoms with Gasteiger partial charge in [-0.3, -0.25) is 0 Å². The molecule has 0 bridgehead atoms. The van der Waals surface area contributed by atoms with E-state index in [4.69, 9.17) is 4.74 Å². The number of piperidine rings is 1. The van der Waals surface area contributed by atoms with Gasteiger partial charge in [0.2, 0.25) is 0 Å². The second-order valence-corrected chi connectivity index (χ2v) is 7.29. The average Bonchev–Trinajstić information content (AvgIpc) is 2.45. The molecule has 0 radical (unpaired) electrons. The minimum Gasteiger partial charge on any atom is -0.444 e. The van der Waals surface area contributed by atoms with Crippen LogP contribution in [-0.2, 0) is 4.74 Å². The number of aliphatic hydroxyl groups is 1. The molecule has 0 spiro atoms. The first-order valence-electron chi connectivity index (χ1n) is 8.66. The fraction of sp³-hybridized carbons (Fsp3) is 0.941. The first-order valence-corrected chi connectivity index (χ1v) is 8.66. The maximum Gasteiger partial charge on any atom is 0.410 e. The van der Waals surface area contributed by atoms with E-state index in [0.717, 1.165) is 45.3 Å². The van der Waals surface area contributed by atoms with Crippen molar-refractivity contribution in [2.45, 2.75) is 78.0 Å². The summed E-state index contributed by atoms with van der Waals surface area (Å²) < 4.78 is 5.47. The number of carbonyl (C=O) groups excluding carboxylic acids is 1.